The Balaban J connectivity index is 1.46. The fourth-order valence-electron chi connectivity index (χ4n) is 3.38. The third-order valence-electron chi connectivity index (χ3n) is 5.19. The monoisotopic (exact) mass is 409 g/mol. The molecule has 1 fully saturated rings. The molecule has 1 aromatic carbocycles. The van der Waals surface area contributed by atoms with Crippen LogP contribution in [0.1, 0.15) is 24.1 Å². The van der Waals surface area contributed by atoms with Crippen molar-refractivity contribution in [2.45, 2.75) is 19.4 Å². The number of pyridine rings is 2. The van der Waals surface area contributed by atoms with Gasteiger partial charge in [-0.3, -0.25) is 4.79 Å². The van der Waals surface area contributed by atoms with Crippen molar-refractivity contribution in [2.75, 3.05) is 5.32 Å². The maximum absolute atomic E-state index is 12.0. The van der Waals surface area contributed by atoms with Crippen molar-refractivity contribution in [1.82, 2.24) is 14.6 Å². The van der Waals surface area contributed by atoms with Gasteiger partial charge >= 0.3 is 0 Å². The molecule has 7 heteroatoms. The fraction of sp³-hybridized carbons (Fsp3) is 0.167. The minimum Gasteiger partial charge on any atom is -0.487 e. The summed E-state index contributed by atoms with van der Waals surface area (Å²) in [4.78, 5) is 16.2. The van der Waals surface area contributed by atoms with Crippen LogP contribution in [-0.2, 0) is 11.4 Å². The Kier molecular flexibility index (Phi) is 4.81. The van der Waals surface area contributed by atoms with Crippen LogP contribution in [0.3, 0.4) is 0 Å². The number of nitriles is 1. The van der Waals surface area contributed by atoms with Crippen LogP contribution in [0.5, 0.6) is 5.75 Å². The molecule has 0 atom stereocenters. The van der Waals surface area contributed by atoms with Crippen molar-refractivity contribution in [2.24, 2.45) is 5.92 Å². The van der Waals surface area contributed by atoms with E-state index in [1.165, 1.54) is 0 Å². The lowest BCUT2D eigenvalue weighted by molar-refractivity contribution is -0.117. The average Bonchev–Trinajstić information content (AvgIpc) is 3.58. The summed E-state index contributed by atoms with van der Waals surface area (Å²) in [6, 6.07) is 19.4. The van der Waals surface area contributed by atoms with Crippen LogP contribution in [-0.4, -0.2) is 20.5 Å². The number of ether oxygens (including phenoxy) is 1. The van der Waals surface area contributed by atoms with Gasteiger partial charge in [0.2, 0.25) is 5.91 Å². The SMILES string of the molecule is N#Cc1cc(-c2ccn3nc(NC(=O)C4CC4)cc3c2)c(OCc2ccccc2)cn1. The van der Waals surface area contributed by atoms with Crippen LogP contribution in [0.15, 0.2) is 67.0 Å². The molecule has 0 unspecified atom stereocenters. The van der Waals surface area contributed by atoms with Crippen LogP contribution < -0.4 is 10.1 Å². The minimum absolute atomic E-state index is 0.0213. The highest BCUT2D eigenvalue weighted by atomic mass is 16.5. The van der Waals surface area contributed by atoms with E-state index < -0.39 is 0 Å². The summed E-state index contributed by atoms with van der Waals surface area (Å²) in [6.45, 7) is 0.397. The van der Waals surface area contributed by atoms with Gasteiger partial charge in [-0.25, -0.2) is 9.50 Å². The van der Waals surface area contributed by atoms with Crippen molar-refractivity contribution in [3.63, 3.8) is 0 Å². The number of nitrogens with zero attached hydrogens (tertiary/aromatic N) is 4. The molecule has 0 aliphatic heterocycles. The predicted octanol–water partition coefficient (Wildman–Crippen LogP) is 4.20. The third-order valence-corrected chi connectivity index (χ3v) is 5.19. The minimum atomic E-state index is 0.0213. The Hall–Kier alpha value is -4.18. The van der Waals surface area contributed by atoms with Crippen molar-refractivity contribution in [3.05, 3.63) is 78.2 Å². The predicted molar refractivity (Wildman–Crippen MR) is 115 cm³/mol. The number of rotatable bonds is 6. The number of nitrogens with one attached hydrogen (secondary N) is 1. The lowest BCUT2D eigenvalue weighted by atomic mass is 10.1. The second-order valence-corrected chi connectivity index (χ2v) is 7.53. The van der Waals surface area contributed by atoms with E-state index in [0.717, 1.165) is 35.0 Å². The Morgan fingerprint density at radius 2 is 2.03 bits per heavy atom. The number of carbonyl (C=O) groups excluding carboxylic acids is 1. The van der Waals surface area contributed by atoms with E-state index in [0.29, 0.717) is 23.9 Å². The Morgan fingerprint density at radius 3 is 2.81 bits per heavy atom. The summed E-state index contributed by atoms with van der Waals surface area (Å²) in [6.07, 6.45) is 5.29. The number of hydrogen-bond donors (Lipinski definition) is 1. The summed E-state index contributed by atoms with van der Waals surface area (Å²) < 4.78 is 7.74. The molecule has 1 aliphatic carbocycles. The summed E-state index contributed by atoms with van der Waals surface area (Å²) >= 11 is 0. The maximum atomic E-state index is 12.0. The lowest BCUT2D eigenvalue weighted by Crippen LogP contribution is -2.13. The van der Waals surface area contributed by atoms with Crippen LogP contribution in [0.25, 0.3) is 16.6 Å². The van der Waals surface area contributed by atoms with E-state index in [1.54, 1.807) is 16.8 Å². The van der Waals surface area contributed by atoms with Gasteiger partial charge in [-0.05, 0) is 42.2 Å². The molecule has 152 valence electrons. The molecule has 3 heterocycles. The van der Waals surface area contributed by atoms with Gasteiger partial charge in [0.15, 0.2) is 5.82 Å². The summed E-state index contributed by atoms with van der Waals surface area (Å²) in [5, 5.41) is 16.6. The molecule has 31 heavy (non-hydrogen) atoms. The first-order valence-corrected chi connectivity index (χ1v) is 10.1. The number of hydrogen-bond acceptors (Lipinski definition) is 5. The molecule has 5 rings (SSSR count). The number of benzene rings is 1. The van der Waals surface area contributed by atoms with Crippen LogP contribution in [0, 0.1) is 17.2 Å². The van der Waals surface area contributed by atoms with E-state index in [9.17, 15) is 10.1 Å². The van der Waals surface area contributed by atoms with Gasteiger partial charge in [-0.2, -0.15) is 10.4 Å². The summed E-state index contributed by atoms with van der Waals surface area (Å²) in [5.74, 6) is 1.26. The van der Waals surface area contributed by atoms with Crippen molar-refractivity contribution in [3.8, 4) is 22.9 Å². The van der Waals surface area contributed by atoms with Crippen molar-refractivity contribution in [1.29, 1.82) is 5.26 Å². The topological polar surface area (TPSA) is 92.3 Å². The smallest absolute Gasteiger partial charge is 0.228 e. The van der Waals surface area contributed by atoms with E-state index >= 15 is 0 Å². The van der Waals surface area contributed by atoms with Gasteiger partial charge in [-0.1, -0.05) is 30.3 Å². The average molecular weight is 409 g/mol. The summed E-state index contributed by atoms with van der Waals surface area (Å²) in [7, 11) is 0. The second kappa shape index (κ2) is 7.92. The van der Waals surface area contributed by atoms with Crippen LogP contribution in [0.4, 0.5) is 5.82 Å². The van der Waals surface area contributed by atoms with Gasteiger partial charge < -0.3 is 10.1 Å². The summed E-state index contributed by atoms with van der Waals surface area (Å²) in [5.41, 5.74) is 3.82. The molecule has 0 saturated heterocycles. The zero-order valence-electron chi connectivity index (χ0n) is 16.7. The molecule has 1 N–H and O–H groups in total. The van der Waals surface area contributed by atoms with Crippen LogP contribution >= 0.6 is 0 Å². The van der Waals surface area contributed by atoms with Gasteiger partial charge in [0.25, 0.3) is 0 Å². The number of aromatic nitrogens is 3. The van der Waals surface area contributed by atoms with E-state index in [-0.39, 0.29) is 11.8 Å². The van der Waals surface area contributed by atoms with E-state index in [2.05, 4.69) is 21.5 Å². The second-order valence-electron chi connectivity index (χ2n) is 7.53. The Labute approximate surface area is 178 Å². The molecule has 4 aromatic rings. The third kappa shape index (κ3) is 4.09. The van der Waals surface area contributed by atoms with E-state index in [1.807, 2.05) is 54.7 Å². The Morgan fingerprint density at radius 1 is 1.19 bits per heavy atom. The van der Waals surface area contributed by atoms with E-state index in [4.69, 9.17) is 4.74 Å². The number of amides is 1. The normalized spacial score (nSPS) is 13.0. The molecule has 0 radical (unpaired) electrons. The van der Waals surface area contributed by atoms with Gasteiger partial charge in [-0.15, -0.1) is 0 Å². The molecular weight excluding hydrogens is 390 g/mol. The number of anilines is 1. The molecule has 3 aromatic heterocycles. The fourth-order valence-corrected chi connectivity index (χ4v) is 3.38. The first kappa shape index (κ1) is 18.8. The molecule has 7 nitrogen and oxygen atoms in total. The van der Waals surface area contributed by atoms with Crippen LogP contribution in [0.2, 0.25) is 0 Å². The highest BCUT2D eigenvalue weighted by molar-refractivity contribution is 5.93. The van der Waals surface area contributed by atoms with Crippen molar-refractivity contribution < 1.29 is 9.53 Å². The zero-order chi connectivity index (χ0) is 21.2. The molecule has 1 aliphatic rings. The Bertz CT molecular complexity index is 1300. The highest BCUT2D eigenvalue weighted by Gasteiger charge is 2.30. The van der Waals surface area contributed by atoms with Gasteiger partial charge in [0.1, 0.15) is 24.1 Å². The largest absolute Gasteiger partial charge is 0.487 e. The first-order valence-electron chi connectivity index (χ1n) is 10.1. The molecule has 0 spiro atoms. The number of carbonyl (C=O) groups is 1. The van der Waals surface area contributed by atoms with Gasteiger partial charge in [0, 0.05) is 23.7 Å². The first-order chi connectivity index (χ1) is 15.2. The quantitative estimate of drug-likeness (QED) is 0.515. The molecular formula is C24H19N5O2. The zero-order valence-corrected chi connectivity index (χ0v) is 16.7. The van der Waals surface area contributed by atoms with Gasteiger partial charge in [0.05, 0.1) is 11.7 Å². The number of fused-ring (bicyclic) bond motifs is 1. The lowest BCUT2D eigenvalue weighted by Gasteiger charge is -2.12. The molecule has 1 amide bonds. The maximum Gasteiger partial charge on any atom is 0.228 e. The van der Waals surface area contributed by atoms with Crippen molar-refractivity contribution >= 4 is 17.2 Å². The highest BCUT2D eigenvalue weighted by Crippen LogP contribution is 2.32. The molecule has 1 saturated carbocycles. The molecule has 0 bridgehead atoms. The standard InChI is InChI=1S/C24H19N5O2/c25-13-19-11-21(22(14-26-19)31-15-16-4-2-1-3-5-16)18-8-9-29-20(10-18)12-23(28-29)27-24(30)17-6-7-17/h1-5,8-12,14,17H,6-7,15H2,(H,27,28,30).